The predicted molar refractivity (Wildman–Crippen MR) is 68.1 cm³/mol. The van der Waals surface area contributed by atoms with Crippen LogP contribution in [0.5, 0.6) is 5.75 Å². The van der Waals surface area contributed by atoms with E-state index in [2.05, 4.69) is 5.10 Å². The zero-order valence-electron chi connectivity index (χ0n) is 9.65. The molecule has 18 heavy (non-hydrogen) atoms. The smallest absolute Gasteiger partial charge is 0.151 e. The molecule has 90 valence electrons. The van der Waals surface area contributed by atoms with Crippen molar-refractivity contribution in [2.45, 2.75) is 6.61 Å². The number of rotatable bonds is 3. The minimum absolute atomic E-state index is 0.165. The van der Waals surface area contributed by atoms with E-state index in [0.717, 1.165) is 10.9 Å². The van der Waals surface area contributed by atoms with E-state index in [9.17, 15) is 5.11 Å². The van der Waals surface area contributed by atoms with Crippen molar-refractivity contribution in [3.63, 3.8) is 0 Å². The van der Waals surface area contributed by atoms with Gasteiger partial charge < -0.3 is 9.94 Å². The van der Waals surface area contributed by atoms with Gasteiger partial charge in [-0.25, -0.2) is 0 Å². The lowest BCUT2D eigenvalue weighted by Gasteiger charge is -2.07. The van der Waals surface area contributed by atoms with Gasteiger partial charge in [-0.3, -0.25) is 0 Å². The Bertz CT molecular complexity index is 662. The van der Waals surface area contributed by atoms with Crippen molar-refractivity contribution >= 4 is 10.9 Å². The molecule has 0 aliphatic rings. The summed E-state index contributed by atoms with van der Waals surface area (Å²) in [5.74, 6) is 0.165. The Kier molecular flexibility index (Phi) is 2.61. The van der Waals surface area contributed by atoms with E-state index in [4.69, 9.17) is 4.84 Å². The van der Waals surface area contributed by atoms with Gasteiger partial charge in [0.2, 0.25) is 0 Å². The molecule has 2 aromatic carbocycles. The van der Waals surface area contributed by atoms with Gasteiger partial charge in [0.25, 0.3) is 0 Å². The molecule has 0 unspecified atom stereocenters. The van der Waals surface area contributed by atoms with Crippen molar-refractivity contribution in [3.8, 4) is 5.75 Å². The number of hydrogen-bond acceptors (Lipinski definition) is 3. The van der Waals surface area contributed by atoms with E-state index in [1.165, 1.54) is 4.85 Å². The largest absolute Gasteiger partial charge is 0.506 e. The van der Waals surface area contributed by atoms with Crippen LogP contribution in [0, 0.1) is 0 Å². The van der Waals surface area contributed by atoms with Crippen molar-refractivity contribution in [1.82, 2.24) is 9.94 Å². The van der Waals surface area contributed by atoms with Crippen LogP contribution in [0.25, 0.3) is 10.9 Å². The van der Waals surface area contributed by atoms with Gasteiger partial charge in [-0.05, 0) is 11.6 Å². The number of fused-ring (bicyclic) bond motifs is 1. The lowest BCUT2D eigenvalue weighted by molar-refractivity contribution is 0.0787. The average molecular weight is 240 g/mol. The van der Waals surface area contributed by atoms with Crippen LogP contribution in [-0.2, 0) is 6.61 Å². The van der Waals surface area contributed by atoms with Gasteiger partial charge in [-0.15, -0.1) is 5.10 Å². The Morgan fingerprint density at radius 1 is 1.06 bits per heavy atom. The fourth-order valence-corrected chi connectivity index (χ4v) is 1.84. The highest BCUT2D eigenvalue weighted by atomic mass is 16.7. The highest BCUT2D eigenvalue weighted by Gasteiger charge is 2.07. The Morgan fingerprint density at radius 3 is 2.72 bits per heavy atom. The molecule has 0 atom stereocenters. The second-order valence-corrected chi connectivity index (χ2v) is 3.99. The Labute approximate surface area is 104 Å². The zero-order valence-corrected chi connectivity index (χ0v) is 9.65. The van der Waals surface area contributed by atoms with Crippen molar-refractivity contribution in [1.29, 1.82) is 0 Å². The molecule has 3 rings (SSSR count). The van der Waals surface area contributed by atoms with Crippen LogP contribution in [-0.4, -0.2) is 15.1 Å². The molecule has 1 heterocycles. The topological polar surface area (TPSA) is 47.3 Å². The van der Waals surface area contributed by atoms with Crippen LogP contribution >= 0.6 is 0 Å². The second-order valence-electron chi connectivity index (χ2n) is 3.99. The first-order valence-corrected chi connectivity index (χ1v) is 5.67. The third kappa shape index (κ3) is 1.88. The zero-order chi connectivity index (χ0) is 12.4. The van der Waals surface area contributed by atoms with Crippen molar-refractivity contribution in [2.24, 2.45) is 0 Å². The van der Waals surface area contributed by atoms with Crippen molar-refractivity contribution in [2.75, 3.05) is 0 Å². The molecule has 0 saturated carbocycles. The molecule has 0 aliphatic carbocycles. The average Bonchev–Trinajstić information content (AvgIpc) is 2.82. The summed E-state index contributed by atoms with van der Waals surface area (Å²) in [6, 6.07) is 15.1. The molecule has 0 radical (unpaired) electrons. The van der Waals surface area contributed by atoms with Gasteiger partial charge in [-0.1, -0.05) is 47.3 Å². The van der Waals surface area contributed by atoms with Crippen LogP contribution < -0.4 is 4.84 Å². The van der Waals surface area contributed by atoms with Crippen LogP contribution in [0.3, 0.4) is 0 Å². The van der Waals surface area contributed by atoms with Crippen LogP contribution in [0.2, 0.25) is 0 Å². The molecular formula is C14H12N2O2. The van der Waals surface area contributed by atoms with Gasteiger partial charge in [-0.2, -0.15) is 0 Å². The molecule has 3 aromatic rings. The maximum Gasteiger partial charge on any atom is 0.151 e. The van der Waals surface area contributed by atoms with Crippen LogP contribution in [0.15, 0.2) is 54.7 Å². The second kappa shape index (κ2) is 4.41. The predicted octanol–water partition coefficient (Wildman–Crippen LogP) is 2.37. The number of phenols is 1. The molecule has 0 aliphatic heterocycles. The van der Waals surface area contributed by atoms with Crippen molar-refractivity contribution in [3.05, 3.63) is 60.3 Å². The van der Waals surface area contributed by atoms with Crippen LogP contribution in [0.1, 0.15) is 5.56 Å². The van der Waals surface area contributed by atoms with E-state index in [1.807, 2.05) is 36.4 Å². The molecule has 0 bridgehead atoms. The maximum atomic E-state index is 9.80. The molecular weight excluding hydrogens is 228 g/mol. The minimum atomic E-state index is 0.165. The van der Waals surface area contributed by atoms with E-state index < -0.39 is 0 Å². The molecule has 0 amide bonds. The summed E-state index contributed by atoms with van der Waals surface area (Å²) in [5.41, 5.74) is 1.64. The summed E-state index contributed by atoms with van der Waals surface area (Å²) in [7, 11) is 0. The highest BCUT2D eigenvalue weighted by Crippen LogP contribution is 2.23. The molecule has 4 nitrogen and oxygen atoms in total. The van der Waals surface area contributed by atoms with E-state index >= 15 is 0 Å². The molecule has 0 spiro atoms. The Morgan fingerprint density at radius 2 is 1.89 bits per heavy atom. The summed E-state index contributed by atoms with van der Waals surface area (Å²) >= 11 is 0. The Balaban J connectivity index is 1.87. The fourth-order valence-electron chi connectivity index (χ4n) is 1.84. The molecule has 0 fully saturated rings. The minimum Gasteiger partial charge on any atom is -0.506 e. The van der Waals surface area contributed by atoms with E-state index in [0.29, 0.717) is 12.1 Å². The first-order valence-electron chi connectivity index (χ1n) is 5.67. The lowest BCUT2D eigenvalue weighted by atomic mass is 10.2. The summed E-state index contributed by atoms with van der Waals surface area (Å²) in [4.78, 5) is 6.93. The third-order valence-electron chi connectivity index (χ3n) is 2.74. The first kappa shape index (κ1) is 10.7. The summed E-state index contributed by atoms with van der Waals surface area (Å²) < 4.78 is 0. The van der Waals surface area contributed by atoms with E-state index in [1.54, 1.807) is 18.3 Å². The lowest BCUT2D eigenvalue weighted by Crippen LogP contribution is -2.12. The number of nitrogens with zero attached hydrogens (tertiary/aromatic N) is 2. The monoisotopic (exact) mass is 240 g/mol. The number of hydrogen-bond donors (Lipinski definition) is 1. The fraction of sp³-hybridized carbons (Fsp3) is 0.0714. The third-order valence-corrected chi connectivity index (χ3v) is 2.74. The summed E-state index contributed by atoms with van der Waals surface area (Å²) in [5, 5.41) is 14.8. The van der Waals surface area contributed by atoms with Gasteiger partial charge >= 0.3 is 0 Å². The SMILES string of the molecule is Oc1cccc2cnn(OCc3ccccc3)c12. The highest BCUT2D eigenvalue weighted by molar-refractivity contribution is 5.83. The van der Waals surface area contributed by atoms with E-state index in [-0.39, 0.29) is 5.75 Å². The van der Waals surface area contributed by atoms with Gasteiger partial charge in [0.05, 0.1) is 6.20 Å². The summed E-state index contributed by atoms with van der Waals surface area (Å²) in [6.45, 7) is 0.409. The molecule has 1 N–H and O–H groups in total. The number of para-hydroxylation sites is 1. The molecule has 4 heteroatoms. The molecule has 1 aromatic heterocycles. The number of benzene rings is 2. The van der Waals surface area contributed by atoms with Crippen molar-refractivity contribution < 1.29 is 9.94 Å². The van der Waals surface area contributed by atoms with Gasteiger partial charge in [0.1, 0.15) is 12.4 Å². The number of aromatic hydroxyl groups is 1. The normalized spacial score (nSPS) is 10.7. The van der Waals surface area contributed by atoms with Gasteiger partial charge in [0.15, 0.2) is 5.52 Å². The molecule has 0 saturated heterocycles. The number of aromatic nitrogens is 2. The van der Waals surface area contributed by atoms with Crippen LogP contribution in [0.4, 0.5) is 0 Å². The first-order chi connectivity index (χ1) is 8.84. The standard InChI is InChI=1S/C14H12N2O2/c17-13-8-4-7-12-9-15-16(14(12)13)18-10-11-5-2-1-3-6-11/h1-9,17H,10H2. The maximum absolute atomic E-state index is 9.80. The summed E-state index contributed by atoms with van der Waals surface area (Å²) in [6.07, 6.45) is 1.67. The quantitative estimate of drug-likeness (QED) is 0.764. The van der Waals surface area contributed by atoms with Gasteiger partial charge in [0, 0.05) is 5.39 Å². The Hall–Kier alpha value is -2.49. The number of phenolic OH excluding ortho intramolecular Hbond substituents is 1.